The zero-order valence-electron chi connectivity index (χ0n) is 11.2. The van der Waals surface area contributed by atoms with Crippen LogP contribution in [0.2, 0.25) is 0 Å². The first-order chi connectivity index (χ1) is 9.88. The number of amides is 1. The molecule has 3 nitrogen and oxygen atoms in total. The number of benzene rings is 2. The normalized spacial score (nSPS) is 12.0. The van der Waals surface area contributed by atoms with Crippen LogP contribution in [-0.2, 0) is 0 Å². The third-order valence-corrected chi connectivity index (χ3v) is 3.06. The fourth-order valence-corrected chi connectivity index (χ4v) is 1.92. The topological polar surface area (TPSA) is 55.1 Å². The van der Waals surface area contributed by atoms with Crippen molar-refractivity contribution in [2.75, 3.05) is 5.32 Å². The first-order valence-corrected chi connectivity index (χ1v) is 6.19. The molecule has 1 amide bonds. The molecule has 2 aromatic carbocycles. The molecule has 0 aliphatic heterocycles. The van der Waals surface area contributed by atoms with Gasteiger partial charge in [0.1, 0.15) is 5.82 Å². The molecule has 0 aliphatic carbocycles. The first kappa shape index (κ1) is 14.9. The van der Waals surface area contributed by atoms with Crippen molar-refractivity contribution >= 4 is 11.6 Å². The number of carbonyl (C=O) groups is 1. The summed E-state index contributed by atoms with van der Waals surface area (Å²) in [5, 5.41) is 2.96. The quantitative estimate of drug-likeness (QED) is 0.908. The summed E-state index contributed by atoms with van der Waals surface area (Å²) in [5.41, 5.74) is 5.79. The monoisotopic (exact) mass is 294 g/mol. The number of nitrogens with one attached hydrogen (secondary N) is 1. The minimum absolute atomic E-state index is 0.238. The lowest BCUT2D eigenvalue weighted by molar-refractivity contribution is 0.0996. The van der Waals surface area contributed by atoms with Crippen LogP contribution in [0.5, 0.6) is 0 Å². The molecule has 1 atom stereocenters. The van der Waals surface area contributed by atoms with Crippen molar-refractivity contribution in [2.45, 2.75) is 13.0 Å². The Labute approximate surface area is 119 Å². The van der Waals surface area contributed by atoms with Crippen molar-refractivity contribution in [3.63, 3.8) is 0 Å². The van der Waals surface area contributed by atoms with Crippen molar-refractivity contribution in [3.8, 4) is 0 Å². The zero-order chi connectivity index (χ0) is 15.6. The summed E-state index contributed by atoms with van der Waals surface area (Å²) in [6.07, 6.45) is 0. The molecular weight excluding hydrogens is 281 g/mol. The van der Waals surface area contributed by atoms with Gasteiger partial charge in [-0.05, 0) is 42.8 Å². The second-order valence-electron chi connectivity index (χ2n) is 4.60. The molecular formula is C15H13F3N2O. The number of rotatable bonds is 4. The van der Waals surface area contributed by atoms with Crippen LogP contribution >= 0.6 is 0 Å². The van der Waals surface area contributed by atoms with Gasteiger partial charge in [0, 0.05) is 11.7 Å². The maximum atomic E-state index is 13.4. The highest BCUT2D eigenvalue weighted by atomic mass is 19.2. The molecule has 0 aliphatic rings. The largest absolute Gasteiger partial charge is 0.378 e. The van der Waals surface area contributed by atoms with Gasteiger partial charge in [-0.1, -0.05) is 6.07 Å². The molecule has 6 heteroatoms. The number of anilines is 1. The summed E-state index contributed by atoms with van der Waals surface area (Å²) in [4.78, 5) is 11.1. The number of hydrogen-bond acceptors (Lipinski definition) is 2. The van der Waals surface area contributed by atoms with Crippen LogP contribution in [0.3, 0.4) is 0 Å². The highest BCUT2D eigenvalue weighted by molar-refractivity contribution is 5.94. The first-order valence-electron chi connectivity index (χ1n) is 6.19. The summed E-state index contributed by atoms with van der Waals surface area (Å²) < 4.78 is 39.4. The Morgan fingerprint density at radius 1 is 1.05 bits per heavy atom. The molecule has 21 heavy (non-hydrogen) atoms. The van der Waals surface area contributed by atoms with Gasteiger partial charge in [0.2, 0.25) is 0 Å². The van der Waals surface area contributed by atoms with Gasteiger partial charge >= 0.3 is 0 Å². The lowest BCUT2D eigenvalue weighted by Crippen LogP contribution is -2.14. The maximum Gasteiger partial charge on any atom is 0.251 e. The van der Waals surface area contributed by atoms with Crippen molar-refractivity contribution in [1.82, 2.24) is 0 Å². The Hall–Kier alpha value is -2.50. The van der Waals surface area contributed by atoms with E-state index >= 15 is 0 Å². The van der Waals surface area contributed by atoms with Gasteiger partial charge in [-0.2, -0.15) is 0 Å². The van der Waals surface area contributed by atoms with Crippen molar-refractivity contribution < 1.29 is 18.0 Å². The van der Waals surface area contributed by atoms with E-state index in [0.717, 1.165) is 18.2 Å². The molecule has 2 aromatic rings. The molecule has 0 bridgehead atoms. The molecule has 0 fully saturated rings. The second-order valence-corrected chi connectivity index (χ2v) is 4.60. The Morgan fingerprint density at radius 2 is 1.71 bits per heavy atom. The number of hydrogen-bond donors (Lipinski definition) is 2. The minimum Gasteiger partial charge on any atom is -0.378 e. The van der Waals surface area contributed by atoms with Gasteiger partial charge < -0.3 is 11.1 Å². The van der Waals surface area contributed by atoms with Crippen molar-refractivity contribution in [1.29, 1.82) is 0 Å². The fraction of sp³-hybridized carbons (Fsp3) is 0.133. The summed E-state index contributed by atoms with van der Waals surface area (Å²) in [6, 6.07) is 6.99. The number of carbonyl (C=O) groups excluding carboxylic acids is 1. The number of halogens is 3. The predicted molar refractivity (Wildman–Crippen MR) is 73.3 cm³/mol. The summed E-state index contributed by atoms with van der Waals surface area (Å²) in [6.45, 7) is 1.72. The Balaban J connectivity index is 2.23. The van der Waals surface area contributed by atoms with E-state index in [0.29, 0.717) is 11.3 Å². The van der Waals surface area contributed by atoms with Crippen LogP contribution in [-0.4, -0.2) is 5.91 Å². The lowest BCUT2D eigenvalue weighted by atomic mass is 10.1. The SMILES string of the molecule is CC(Nc1ccc(F)c(C(N)=O)c1)c1ccc(F)c(F)c1. The third kappa shape index (κ3) is 3.34. The Kier molecular flexibility index (Phi) is 4.16. The minimum atomic E-state index is -0.946. The molecule has 0 heterocycles. The molecule has 2 rings (SSSR count). The highest BCUT2D eigenvalue weighted by Crippen LogP contribution is 2.22. The molecule has 0 aromatic heterocycles. The van der Waals surface area contributed by atoms with Crippen molar-refractivity contribution in [2.24, 2.45) is 5.73 Å². The van der Waals surface area contributed by atoms with Crippen LogP contribution in [0.4, 0.5) is 18.9 Å². The van der Waals surface area contributed by atoms with Gasteiger partial charge in [-0.25, -0.2) is 13.2 Å². The van der Waals surface area contributed by atoms with Gasteiger partial charge in [0.05, 0.1) is 5.56 Å². The number of nitrogens with two attached hydrogens (primary N) is 1. The van der Waals surface area contributed by atoms with E-state index in [1.165, 1.54) is 18.2 Å². The summed E-state index contributed by atoms with van der Waals surface area (Å²) in [5.74, 6) is -3.47. The smallest absolute Gasteiger partial charge is 0.251 e. The van der Waals surface area contributed by atoms with Crippen molar-refractivity contribution in [3.05, 3.63) is 65.0 Å². The lowest BCUT2D eigenvalue weighted by Gasteiger charge is -2.16. The van der Waals surface area contributed by atoms with E-state index in [1.807, 2.05) is 0 Å². The Morgan fingerprint density at radius 3 is 2.33 bits per heavy atom. The summed E-state index contributed by atoms with van der Waals surface area (Å²) >= 11 is 0. The van der Waals surface area contributed by atoms with Crippen LogP contribution in [0, 0.1) is 17.5 Å². The van der Waals surface area contributed by atoms with E-state index in [2.05, 4.69) is 5.32 Å². The molecule has 3 N–H and O–H groups in total. The van der Waals surface area contributed by atoms with Crippen LogP contribution in [0.15, 0.2) is 36.4 Å². The van der Waals surface area contributed by atoms with Gasteiger partial charge in [-0.3, -0.25) is 4.79 Å². The number of primary amides is 1. The highest BCUT2D eigenvalue weighted by Gasteiger charge is 2.12. The fourth-order valence-electron chi connectivity index (χ4n) is 1.92. The third-order valence-electron chi connectivity index (χ3n) is 3.06. The van der Waals surface area contributed by atoms with E-state index in [4.69, 9.17) is 5.73 Å². The van der Waals surface area contributed by atoms with Gasteiger partial charge in [-0.15, -0.1) is 0 Å². The van der Waals surface area contributed by atoms with Crippen LogP contribution in [0.1, 0.15) is 28.9 Å². The van der Waals surface area contributed by atoms with E-state index in [9.17, 15) is 18.0 Å². The molecule has 110 valence electrons. The van der Waals surface area contributed by atoms with Gasteiger partial charge in [0.25, 0.3) is 5.91 Å². The van der Waals surface area contributed by atoms with E-state index in [1.54, 1.807) is 6.92 Å². The average Bonchev–Trinajstić information content (AvgIpc) is 2.43. The molecule has 0 spiro atoms. The van der Waals surface area contributed by atoms with Crippen LogP contribution in [0.25, 0.3) is 0 Å². The molecule has 0 radical (unpaired) electrons. The zero-order valence-corrected chi connectivity index (χ0v) is 11.2. The molecule has 0 saturated heterocycles. The summed E-state index contributed by atoms with van der Waals surface area (Å²) in [7, 11) is 0. The van der Waals surface area contributed by atoms with E-state index in [-0.39, 0.29) is 11.6 Å². The predicted octanol–water partition coefficient (Wildman–Crippen LogP) is 3.38. The maximum absolute atomic E-state index is 13.4. The average molecular weight is 294 g/mol. The van der Waals surface area contributed by atoms with Crippen LogP contribution < -0.4 is 11.1 Å². The second kappa shape index (κ2) is 5.87. The van der Waals surface area contributed by atoms with E-state index < -0.39 is 23.4 Å². The Bertz CT molecular complexity index is 689. The van der Waals surface area contributed by atoms with Gasteiger partial charge in [0.15, 0.2) is 11.6 Å². The standard InChI is InChI=1S/C15H13F3N2O/c1-8(9-2-4-13(17)14(18)6-9)20-10-3-5-12(16)11(7-10)15(19)21/h2-8,20H,1H3,(H2,19,21). The molecule has 1 unspecified atom stereocenters. The molecule has 0 saturated carbocycles.